The number of ketones is 1. The summed E-state index contributed by atoms with van der Waals surface area (Å²) in [4.78, 5) is 11.5. The van der Waals surface area contributed by atoms with E-state index in [1.165, 1.54) is 5.56 Å². The van der Waals surface area contributed by atoms with Crippen LogP contribution in [0, 0.1) is 5.92 Å². The van der Waals surface area contributed by atoms with Gasteiger partial charge >= 0.3 is 0 Å². The second kappa shape index (κ2) is 7.21. The molecular weight excluding hydrogens is 196 g/mol. The van der Waals surface area contributed by atoms with E-state index >= 15 is 0 Å². The van der Waals surface area contributed by atoms with Crippen molar-refractivity contribution in [1.82, 2.24) is 0 Å². The van der Waals surface area contributed by atoms with Gasteiger partial charge in [0.15, 0.2) is 0 Å². The number of rotatable bonds is 7. The zero-order chi connectivity index (χ0) is 11.8. The molecular formula is C15H22O. The molecule has 0 saturated carbocycles. The monoisotopic (exact) mass is 218 g/mol. The lowest BCUT2D eigenvalue weighted by atomic mass is 10.0. The van der Waals surface area contributed by atoms with Gasteiger partial charge in [-0.25, -0.2) is 0 Å². The highest BCUT2D eigenvalue weighted by molar-refractivity contribution is 5.78. The van der Waals surface area contributed by atoms with Gasteiger partial charge in [0.25, 0.3) is 0 Å². The minimum Gasteiger partial charge on any atom is -0.300 e. The molecule has 0 N–H and O–H groups in total. The zero-order valence-corrected chi connectivity index (χ0v) is 10.4. The molecule has 0 heterocycles. The third kappa shape index (κ3) is 5.69. The van der Waals surface area contributed by atoms with E-state index in [0.29, 0.717) is 11.7 Å². The third-order valence-corrected chi connectivity index (χ3v) is 2.76. The topological polar surface area (TPSA) is 17.1 Å². The van der Waals surface area contributed by atoms with E-state index in [1.807, 2.05) is 6.07 Å². The summed E-state index contributed by atoms with van der Waals surface area (Å²) in [7, 11) is 0. The van der Waals surface area contributed by atoms with Gasteiger partial charge in [-0.1, -0.05) is 44.2 Å². The minimum atomic E-state index is 0.421. The molecule has 0 aliphatic carbocycles. The molecule has 1 heteroatoms. The second-order valence-corrected chi connectivity index (χ2v) is 4.81. The molecule has 1 aromatic carbocycles. The Hall–Kier alpha value is -1.11. The predicted octanol–water partition coefficient (Wildman–Crippen LogP) is 4.01. The van der Waals surface area contributed by atoms with E-state index in [4.69, 9.17) is 0 Å². The molecule has 0 saturated heterocycles. The lowest BCUT2D eigenvalue weighted by molar-refractivity contribution is -0.119. The molecule has 0 aromatic heterocycles. The molecule has 0 unspecified atom stereocenters. The summed E-state index contributed by atoms with van der Waals surface area (Å²) in [5.41, 5.74) is 1.33. The van der Waals surface area contributed by atoms with E-state index in [0.717, 1.165) is 32.1 Å². The van der Waals surface area contributed by atoms with Gasteiger partial charge in [-0.3, -0.25) is 4.79 Å². The smallest absolute Gasteiger partial charge is 0.132 e. The standard InChI is InChI=1S/C15H22O/c1-13(2)11-12-15(16)10-6-9-14-7-4-3-5-8-14/h3-5,7-8,13H,6,9-12H2,1-2H3. The Balaban J connectivity index is 2.13. The van der Waals surface area contributed by atoms with Gasteiger partial charge < -0.3 is 0 Å². The zero-order valence-electron chi connectivity index (χ0n) is 10.4. The molecule has 16 heavy (non-hydrogen) atoms. The van der Waals surface area contributed by atoms with Gasteiger partial charge in [0.05, 0.1) is 0 Å². The molecule has 1 rings (SSSR count). The number of carbonyl (C=O) groups excluding carboxylic acids is 1. The largest absolute Gasteiger partial charge is 0.300 e. The molecule has 88 valence electrons. The van der Waals surface area contributed by atoms with Crippen LogP contribution in [0.15, 0.2) is 30.3 Å². The number of aryl methyl sites for hydroxylation is 1. The van der Waals surface area contributed by atoms with Crippen molar-refractivity contribution in [2.45, 2.75) is 46.0 Å². The van der Waals surface area contributed by atoms with Crippen molar-refractivity contribution in [3.8, 4) is 0 Å². The van der Waals surface area contributed by atoms with Crippen molar-refractivity contribution in [2.75, 3.05) is 0 Å². The maximum absolute atomic E-state index is 11.5. The number of hydrogen-bond donors (Lipinski definition) is 0. The van der Waals surface area contributed by atoms with Gasteiger partial charge in [-0.2, -0.15) is 0 Å². The average Bonchev–Trinajstić information content (AvgIpc) is 2.28. The SMILES string of the molecule is CC(C)CCC(=O)CCCc1ccccc1. The van der Waals surface area contributed by atoms with Crippen LogP contribution in [0.3, 0.4) is 0 Å². The first-order chi connectivity index (χ1) is 7.68. The molecule has 0 bridgehead atoms. The molecule has 0 aliphatic heterocycles. The van der Waals surface area contributed by atoms with E-state index in [9.17, 15) is 4.79 Å². The highest BCUT2D eigenvalue weighted by Gasteiger charge is 2.03. The van der Waals surface area contributed by atoms with Crippen LogP contribution in [-0.4, -0.2) is 5.78 Å². The van der Waals surface area contributed by atoms with Crippen molar-refractivity contribution >= 4 is 5.78 Å². The Kier molecular flexibility index (Phi) is 5.84. The quantitative estimate of drug-likeness (QED) is 0.675. The second-order valence-electron chi connectivity index (χ2n) is 4.81. The lowest BCUT2D eigenvalue weighted by Crippen LogP contribution is -2.01. The number of Topliss-reactive ketones (excluding diaryl/α,β-unsaturated/α-hetero) is 1. The van der Waals surface area contributed by atoms with E-state index in [1.54, 1.807) is 0 Å². The van der Waals surface area contributed by atoms with Crippen molar-refractivity contribution < 1.29 is 4.79 Å². The summed E-state index contributed by atoms with van der Waals surface area (Å²) < 4.78 is 0. The number of benzene rings is 1. The van der Waals surface area contributed by atoms with Crippen LogP contribution in [0.2, 0.25) is 0 Å². The van der Waals surface area contributed by atoms with Crippen molar-refractivity contribution in [3.05, 3.63) is 35.9 Å². The van der Waals surface area contributed by atoms with Gasteiger partial charge in [-0.15, -0.1) is 0 Å². The Bertz CT molecular complexity index is 300. The first-order valence-electron chi connectivity index (χ1n) is 6.24. The van der Waals surface area contributed by atoms with Gasteiger partial charge in [0.2, 0.25) is 0 Å². The molecule has 0 radical (unpaired) electrons. The lowest BCUT2D eigenvalue weighted by Gasteiger charge is -2.04. The van der Waals surface area contributed by atoms with Crippen LogP contribution in [0.5, 0.6) is 0 Å². The third-order valence-electron chi connectivity index (χ3n) is 2.76. The van der Waals surface area contributed by atoms with Crippen LogP contribution < -0.4 is 0 Å². The summed E-state index contributed by atoms with van der Waals surface area (Å²) in [6, 6.07) is 10.4. The molecule has 0 atom stereocenters. The van der Waals surface area contributed by atoms with Crippen LogP contribution in [0.4, 0.5) is 0 Å². The average molecular weight is 218 g/mol. The number of hydrogen-bond acceptors (Lipinski definition) is 1. The Morgan fingerprint density at radius 1 is 1.12 bits per heavy atom. The van der Waals surface area contributed by atoms with Crippen LogP contribution in [0.25, 0.3) is 0 Å². The van der Waals surface area contributed by atoms with E-state index in [2.05, 4.69) is 38.1 Å². The fourth-order valence-corrected chi connectivity index (χ4v) is 1.71. The Morgan fingerprint density at radius 3 is 2.44 bits per heavy atom. The van der Waals surface area contributed by atoms with Crippen LogP contribution in [-0.2, 0) is 11.2 Å². The van der Waals surface area contributed by atoms with Crippen molar-refractivity contribution in [2.24, 2.45) is 5.92 Å². The highest BCUT2D eigenvalue weighted by Crippen LogP contribution is 2.09. The summed E-state index contributed by atoms with van der Waals surface area (Å²) in [5, 5.41) is 0. The first kappa shape index (κ1) is 13.0. The highest BCUT2D eigenvalue weighted by atomic mass is 16.1. The first-order valence-corrected chi connectivity index (χ1v) is 6.24. The molecule has 0 spiro atoms. The van der Waals surface area contributed by atoms with Crippen LogP contribution >= 0.6 is 0 Å². The molecule has 1 nitrogen and oxygen atoms in total. The number of carbonyl (C=O) groups is 1. The van der Waals surface area contributed by atoms with Crippen molar-refractivity contribution in [1.29, 1.82) is 0 Å². The Morgan fingerprint density at radius 2 is 1.81 bits per heavy atom. The fourth-order valence-electron chi connectivity index (χ4n) is 1.71. The van der Waals surface area contributed by atoms with E-state index in [-0.39, 0.29) is 0 Å². The summed E-state index contributed by atoms with van der Waals surface area (Å²) in [6.45, 7) is 4.33. The normalized spacial score (nSPS) is 10.7. The van der Waals surface area contributed by atoms with Gasteiger partial charge in [-0.05, 0) is 30.7 Å². The van der Waals surface area contributed by atoms with Crippen molar-refractivity contribution in [3.63, 3.8) is 0 Å². The summed E-state index contributed by atoms with van der Waals surface area (Å²) >= 11 is 0. The van der Waals surface area contributed by atoms with Crippen LogP contribution in [0.1, 0.15) is 45.1 Å². The maximum atomic E-state index is 11.5. The van der Waals surface area contributed by atoms with Gasteiger partial charge in [0.1, 0.15) is 5.78 Å². The summed E-state index contributed by atoms with van der Waals surface area (Å²) in [6.07, 6.45) is 4.54. The molecule has 1 aromatic rings. The minimum absolute atomic E-state index is 0.421. The summed E-state index contributed by atoms with van der Waals surface area (Å²) in [5.74, 6) is 1.06. The van der Waals surface area contributed by atoms with Gasteiger partial charge in [0, 0.05) is 12.8 Å². The Labute approximate surface area is 98.9 Å². The van der Waals surface area contributed by atoms with E-state index < -0.39 is 0 Å². The fraction of sp³-hybridized carbons (Fsp3) is 0.533. The molecule has 0 amide bonds. The molecule has 0 aliphatic rings. The predicted molar refractivity (Wildman–Crippen MR) is 68.5 cm³/mol. The maximum Gasteiger partial charge on any atom is 0.132 e. The molecule has 0 fully saturated rings.